The van der Waals surface area contributed by atoms with Gasteiger partial charge in [-0.05, 0) is 25.2 Å². The first-order chi connectivity index (χ1) is 7.84. The molecule has 0 spiro atoms. The SMILES string of the molecule is CC(CO)N(C)C(=O)NCCCC(C)(C)CO. The number of likely N-dealkylation sites (N-methyl/N-ethyl adjacent to an activating group) is 1. The van der Waals surface area contributed by atoms with Crippen molar-refractivity contribution in [3.63, 3.8) is 0 Å². The summed E-state index contributed by atoms with van der Waals surface area (Å²) in [6.07, 6.45) is 1.70. The van der Waals surface area contributed by atoms with Crippen LogP contribution in [0.2, 0.25) is 0 Å². The van der Waals surface area contributed by atoms with Gasteiger partial charge in [0.05, 0.1) is 12.6 Å². The second-order valence-electron chi connectivity index (χ2n) is 5.30. The van der Waals surface area contributed by atoms with Gasteiger partial charge in [0, 0.05) is 20.2 Å². The van der Waals surface area contributed by atoms with Crippen LogP contribution in [0.5, 0.6) is 0 Å². The molecule has 0 aliphatic rings. The van der Waals surface area contributed by atoms with Crippen LogP contribution < -0.4 is 5.32 Å². The average molecular weight is 246 g/mol. The van der Waals surface area contributed by atoms with Gasteiger partial charge in [-0.3, -0.25) is 0 Å². The molecule has 0 aromatic heterocycles. The second kappa shape index (κ2) is 7.50. The number of hydrogen-bond acceptors (Lipinski definition) is 3. The van der Waals surface area contributed by atoms with Crippen molar-refractivity contribution in [1.82, 2.24) is 10.2 Å². The summed E-state index contributed by atoms with van der Waals surface area (Å²) in [5.74, 6) is 0. The number of urea groups is 1. The minimum absolute atomic E-state index is 0.0402. The first-order valence-corrected chi connectivity index (χ1v) is 6.06. The molecule has 2 amide bonds. The van der Waals surface area contributed by atoms with Gasteiger partial charge in [-0.15, -0.1) is 0 Å². The van der Waals surface area contributed by atoms with E-state index in [1.165, 1.54) is 4.90 Å². The number of amides is 2. The van der Waals surface area contributed by atoms with E-state index >= 15 is 0 Å². The van der Waals surface area contributed by atoms with E-state index < -0.39 is 0 Å². The lowest BCUT2D eigenvalue weighted by molar-refractivity contribution is 0.145. The molecular formula is C12H26N2O3. The molecule has 0 aromatic rings. The van der Waals surface area contributed by atoms with Gasteiger partial charge in [0.1, 0.15) is 0 Å². The first kappa shape index (κ1) is 16.2. The summed E-state index contributed by atoms with van der Waals surface area (Å²) >= 11 is 0. The number of hydrogen-bond donors (Lipinski definition) is 3. The van der Waals surface area contributed by atoms with Gasteiger partial charge in [-0.2, -0.15) is 0 Å². The van der Waals surface area contributed by atoms with E-state index in [-0.39, 0.29) is 30.7 Å². The average Bonchev–Trinajstić information content (AvgIpc) is 2.32. The molecule has 102 valence electrons. The van der Waals surface area contributed by atoms with Gasteiger partial charge < -0.3 is 20.4 Å². The molecule has 1 atom stereocenters. The number of nitrogens with one attached hydrogen (secondary N) is 1. The third-order valence-electron chi connectivity index (χ3n) is 2.98. The quantitative estimate of drug-likeness (QED) is 0.582. The van der Waals surface area contributed by atoms with Gasteiger partial charge in [-0.1, -0.05) is 13.8 Å². The Kier molecular flexibility index (Phi) is 7.15. The number of carbonyl (C=O) groups is 1. The van der Waals surface area contributed by atoms with Crippen LogP contribution in [0.3, 0.4) is 0 Å². The van der Waals surface area contributed by atoms with E-state index in [0.717, 1.165) is 12.8 Å². The number of aliphatic hydroxyl groups excluding tert-OH is 2. The Hall–Kier alpha value is -0.810. The lowest BCUT2D eigenvalue weighted by Gasteiger charge is -2.24. The third kappa shape index (κ3) is 6.48. The van der Waals surface area contributed by atoms with Gasteiger partial charge in [-0.25, -0.2) is 4.79 Å². The molecule has 0 fully saturated rings. The van der Waals surface area contributed by atoms with Crippen LogP contribution in [0.25, 0.3) is 0 Å². The summed E-state index contributed by atoms with van der Waals surface area (Å²) in [5.41, 5.74) is -0.0883. The van der Waals surface area contributed by atoms with Crippen LogP contribution in [0, 0.1) is 5.41 Å². The van der Waals surface area contributed by atoms with Crippen molar-refractivity contribution in [3.05, 3.63) is 0 Å². The van der Waals surface area contributed by atoms with Crippen molar-refractivity contribution in [1.29, 1.82) is 0 Å². The van der Waals surface area contributed by atoms with Gasteiger partial charge >= 0.3 is 6.03 Å². The Morgan fingerprint density at radius 1 is 1.41 bits per heavy atom. The Morgan fingerprint density at radius 3 is 2.47 bits per heavy atom. The summed E-state index contributed by atoms with van der Waals surface area (Å²) in [6, 6.07) is -0.350. The molecule has 0 rings (SSSR count). The van der Waals surface area contributed by atoms with E-state index in [0.29, 0.717) is 6.54 Å². The molecule has 0 saturated heterocycles. The predicted molar refractivity (Wildman–Crippen MR) is 67.8 cm³/mol. The molecular weight excluding hydrogens is 220 g/mol. The standard InChI is InChI=1S/C12H26N2O3/c1-10(8-15)14(4)11(17)13-7-5-6-12(2,3)9-16/h10,15-16H,5-9H2,1-4H3,(H,13,17). The predicted octanol–water partition coefficient (Wildman–Crippen LogP) is 0.807. The molecule has 0 aromatic carbocycles. The number of aliphatic hydroxyl groups is 2. The highest BCUT2D eigenvalue weighted by atomic mass is 16.3. The number of nitrogens with zero attached hydrogens (tertiary/aromatic N) is 1. The zero-order valence-electron chi connectivity index (χ0n) is 11.4. The van der Waals surface area contributed by atoms with E-state index in [9.17, 15) is 4.79 Å². The Balaban J connectivity index is 3.79. The van der Waals surface area contributed by atoms with Crippen molar-refractivity contribution in [2.45, 2.75) is 39.7 Å². The molecule has 1 unspecified atom stereocenters. The van der Waals surface area contributed by atoms with Crippen LogP contribution in [-0.4, -0.2) is 54.0 Å². The Labute approximate surface area is 104 Å². The lowest BCUT2D eigenvalue weighted by Crippen LogP contribution is -2.44. The molecule has 3 N–H and O–H groups in total. The van der Waals surface area contributed by atoms with E-state index in [1.54, 1.807) is 14.0 Å². The third-order valence-corrected chi connectivity index (χ3v) is 2.98. The molecule has 0 radical (unpaired) electrons. The first-order valence-electron chi connectivity index (χ1n) is 6.06. The van der Waals surface area contributed by atoms with Crippen molar-refractivity contribution in [2.75, 3.05) is 26.8 Å². The van der Waals surface area contributed by atoms with E-state index in [2.05, 4.69) is 5.32 Å². The van der Waals surface area contributed by atoms with Gasteiger partial charge in [0.25, 0.3) is 0 Å². The topological polar surface area (TPSA) is 72.8 Å². The summed E-state index contributed by atoms with van der Waals surface area (Å²) in [6.45, 7) is 6.48. The summed E-state index contributed by atoms with van der Waals surface area (Å²) in [5, 5.41) is 20.8. The minimum Gasteiger partial charge on any atom is -0.396 e. The summed E-state index contributed by atoms with van der Waals surface area (Å²) in [7, 11) is 1.66. The zero-order chi connectivity index (χ0) is 13.5. The maximum Gasteiger partial charge on any atom is 0.317 e. The molecule has 5 nitrogen and oxygen atoms in total. The molecule has 0 aliphatic heterocycles. The smallest absolute Gasteiger partial charge is 0.317 e. The van der Waals surface area contributed by atoms with Crippen LogP contribution in [-0.2, 0) is 0 Å². The van der Waals surface area contributed by atoms with Crippen molar-refractivity contribution >= 4 is 6.03 Å². The number of carbonyl (C=O) groups excluding carboxylic acids is 1. The van der Waals surface area contributed by atoms with Crippen LogP contribution in [0.15, 0.2) is 0 Å². The molecule has 0 aliphatic carbocycles. The van der Waals surface area contributed by atoms with Gasteiger partial charge in [0.15, 0.2) is 0 Å². The fraction of sp³-hybridized carbons (Fsp3) is 0.917. The number of rotatable bonds is 7. The Morgan fingerprint density at radius 2 is 2.00 bits per heavy atom. The largest absolute Gasteiger partial charge is 0.396 e. The Bertz CT molecular complexity index is 232. The summed E-state index contributed by atoms with van der Waals surface area (Å²) in [4.78, 5) is 13.1. The molecule has 17 heavy (non-hydrogen) atoms. The maximum absolute atomic E-state index is 11.6. The molecule has 0 heterocycles. The van der Waals surface area contributed by atoms with Crippen LogP contribution in [0.1, 0.15) is 33.6 Å². The van der Waals surface area contributed by atoms with Crippen molar-refractivity contribution in [2.24, 2.45) is 5.41 Å². The monoisotopic (exact) mass is 246 g/mol. The normalized spacial score (nSPS) is 13.3. The maximum atomic E-state index is 11.6. The highest BCUT2D eigenvalue weighted by molar-refractivity contribution is 5.74. The van der Waals surface area contributed by atoms with Gasteiger partial charge in [0.2, 0.25) is 0 Å². The van der Waals surface area contributed by atoms with E-state index in [1.807, 2.05) is 13.8 Å². The van der Waals surface area contributed by atoms with Crippen molar-refractivity contribution < 1.29 is 15.0 Å². The fourth-order valence-corrected chi connectivity index (χ4v) is 1.29. The van der Waals surface area contributed by atoms with E-state index in [4.69, 9.17) is 10.2 Å². The molecule has 0 saturated carbocycles. The lowest BCUT2D eigenvalue weighted by atomic mass is 9.89. The highest BCUT2D eigenvalue weighted by Crippen LogP contribution is 2.20. The fourth-order valence-electron chi connectivity index (χ4n) is 1.29. The van der Waals surface area contributed by atoms with Crippen LogP contribution >= 0.6 is 0 Å². The zero-order valence-corrected chi connectivity index (χ0v) is 11.4. The highest BCUT2D eigenvalue weighted by Gasteiger charge is 2.17. The summed E-state index contributed by atoms with van der Waals surface area (Å²) < 4.78 is 0. The molecule has 0 bridgehead atoms. The second-order valence-corrected chi connectivity index (χ2v) is 5.30. The van der Waals surface area contributed by atoms with Crippen molar-refractivity contribution in [3.8, 4) is 0 Å². The minimum atomic E-state index is -0.177. The van der Waals surface area contributed by atoms with Crippen LogP contribution in [0.4, 0.5) is 4.79 Å². The molecule has 5 heteroatoms.